The van der Waals surface area contributed by atoms with Crippen molar-refractivity contribution in [2.75, 3.05) is 18.4 Å². The van der Waals surface area contributed by atoms with Gasteiger partial charge in [0.1, 0.15) is 28.8 Å². The number of nitrogens with zero attached hydrogens (tertiary/aromatic N) is 2. The van der Waals surface area contributed by atoms with E-state index in [2.05, 4.69) is 15.3 Å². The first-order valence-electron chi connectivity index (χ1n) is 11.8. The van der Waals surface area contributed by atoms with E-state index in [1.165, 1.54) is 22.7 Å². The lowest BCUT2D eigenvalue weighted by atomic mass is 10.1. The lowest BCUT2D eigenvalue weighted by Crippen LogP contribution is -2.47. The number of amides is 1. The van der Waals surface area contributed by atoms with Crippen molar-refractivity contribution in [1.82, 2.24) is 14.9 Å². The number of carbonyl (C=O) groups excluding carboxylic acids is 1. The Hall–Kier alpha value is -2.36. The molecule has 0 bridgehead atoms. The Morgan fingerprint density at radius 2 is 2.03 bits per heavy atom. The zero-order chi connectivity index (χ0) is 24.5. The number of fused-ring (bicyclic) bond motifs is 1. The highest BCUT2D eigenvalue weighted by molar-refractivity contribution is 7.99. The highest BCUT2D eigenvalue weighted by Gasteiger charge is 2.34. The maximum absolute atomic E-state index is 14.8. The molecule has 0 radical (unpaired) electrons. The van der Waals surface area contributed by atoms with Gasteiger partial charge in [-0.05, 0) is 52.2 Å². The summed E-state index contributed by atoms with van der Waals surface area (Å²) in [5.74, 6) is 0.0518. The molecule has 2 unspecified atom stereocenters. The maximum atomic E-state index is 14.8. The summed E-state index contributed by atoms with van der Waals surface area (Å²) in [5.41, 5.74) is -0.265. The maximum Gasteiger partial charge on any atom is 0.410 e. The van der Waals surface area contributed by atoms with Gasteiger partial charge in [-0.25, -0.2) is 18.6 Å². The number of H-pyrrole nitrogens is 1. The van der Waals surface area contributed by atoms with E-state index < -0.39 is 29.2 Å². The third-order valence-corrected chi connectivity index (χ3v) is 7.50. The number of piperidine rings is 1. The standard InChI is InChI=1S/C24H32F2N4O3S/c1-24(2,3)33-23(32)30-9-8-19(17(26)12-30)34-13-20-28-18-11-15(27-14-6-4-5-7-14)10-16(25)21(18)22(31)29-20/h10-11,14,17,19,27H,4-9,12-13H2,1-3H3,(H,28,29,31). The van der Waals surface area contributed by atoms with Gasteiger partial charge < -0.3 is 19.9 Å². The zero-order valence-corrected chi connectivity index (χ0v) is 20.6. The van der Waals surface area contributed by atoms with Gasteiger partial charge in [0.15, 0.2) is 0 Å². The predicted octanol–water partition coefficient (Wildman–Crippen LogP) is 5.00. The number of hydrogen-bond donors (Lipinski definition) is 2. The number of likely N-dealkylation sites (tertiary alicyclic amines) is 1. The van der Waals surface area contributed by atoms with E-state index in [4.69, 9.17) is 4.74 Å². The SMILES string of the molecule is CC(C)(C)OC(=O)N1CCC(SCc2nc3cc(NC4CCCC4)cc(F)c3c(=O)[nH]2)C(F)C1. The van der Waals surface area contributed by atoms with Crippen LogP contribution >= 0.6 is 11.8 Å². The third-order valence-electron chi connectivity index (χ3n) is 6.10. The van der Waals surface area contributed by atoms with Gasteiger partial charge in [-0.3, -0.25) is 4.79 Å². The minimum absolute atomic E-state index is 0.0321. The fourth-order valence-corrected chi connectivity index (χ4v) is 5.55. The quantitative estimate of drug-likeness (QED) is 0.609. The van der Waals surface area contributed by atoms with Gasteiger partial charge in [0, 0.05) is 23.5 Å². The van der Waals surface area contributed by atoms with Crippen LogP contribution in [0.15, 0.2) is 16.9 Å². The molecule has 2 aliphatic rings. The van der Waals surface area contributed by atoms with Crippen LogP contribution in [0.2, 0.25) is 0 Å². The number of hydrogen-bond acceptors (Lipinski definition) is 6. The molecule has 34 heavy (non-hydrogen) atoms. The number of aromatic nitrogens is 2. The molecule has 1 saturated carbocycles. The molecule has 1 aliphatic heterocycles. The molecule has 186 valence electrons. The van der Waals surface area contributed by atoms with E-state index in [0.717, 1.165) is 25.7 Å². The highest BCUT2D eigenvalue weighted by atomic mass is 32.2. The molecule has 2 heterocycles. The van der Waals surface area contributed by atoms with Crippen LogP contribution in [0.3, 0.4) is 0 Å². The number of rotatable bonds is 5. The second kappa shape index (κ2) is 10.1. The Kier molecular flexibility index (Phi) is 7.35. The van der Waals surface area contributed by atoms with Crippen LogP contribution in [0.25, 0.3) is 10.9 Å². The molecule has 1 amide bonds. The summed E-state index contributed by atoms with van der Waals surface area (Å²) in [6.07, 6.45) is 3.12. The van der Waals surface area contributed by atoms with Crippen molar-refractivity contribution in [3.8, 4) is 0 Å². The molecule has 4 rings (SSSR count). The predicted molar refractivity (Wildman–Crippen MR) is 131 cm³/mol. The van der Waals surface area contributed by atoms with Crippen LogP contribution in [-0.4, -0.2) is 57.1 Å². The number of aromatic amines is 1. The van der Waals surface area contributed by atoms with Gasteiger partial charge >= 0.3 is 6.09 Å². The molecule has 2 fully saturated rings. The summed E-state index contributed by atoms with van der Waals surface area (Å²) in [7, 11) is 0. The van der Waals surface area contributed by atoms with E-state index in [0.29, 0.717) is 30.5 Å². The van der Waals surface area contributed by atoms with Crippen molar-refractivity contribution in [2.45, 2.75) is 81.7 Å². The van der Waals surface area contributed by atoms with Crippen molar-refractivity contribution < 1.29 is 18.3 Å². The molecule has 2 N–H and O–H groups in total. The normalized spacial score (nSPS) is 21.7. The van der Waals surface area contributed by atoms with E-state index in [1.807, 2.05) is 0 Å². The van der Waals surface area contributed by atoms with Crippen LogP contribution in [0, 0.1) is 5.82 Å². The minimum atomic E-state index is -1.22. The average Bonchev–Trinajstić information content (AvgIpc) is 3.24. The molecule has 1 aromatic heterocycles. The number of carbonyl (C=O) groups is 1. The lowest BCUT2D eigenvalue weighted by molar-refractivity contribution is 0.0146. The Balaban J connectivity index is 1.41. The van der Waals surface area contributed by atoms with E-state index in [-0.39, 0.29) is 28.5 Å². The Labute approximate surface area is 202 Å². The molecule has 2 aromatic rings. The van der Waals surface area contributed by atoms with Crippen LogP contribution in [0.4, 0.5) is 19.3 Å². The number of alkyl halides is 1. The average molecular weight is 495 g/mol. The Morgan fingerprint density at radius 1 is 1.29 bits per heavy atom. The van der Waals surface area contributed by atoms with Gasteiger partial charge in [-0.1, -0.05) is 12.8 Å². The molecular formula is C24H32F2N4O3S. The van der Waals surface area contributed by atoms with Crippen molar-refractivity contribution in [2.24, 2.45) is 0 Å². The smallest absolute Gasteiger partial charge is 0.410 e. The zero-order valence-electron chi connectivity index (χ0n) is 19.8. The number of nitrogens with one attached hydrogen (secondary N) is 2. The van der Waals surface area contributed by atoms with Crippen LogP contribution in [0.5, 0.6) is 0 Å². The summed E-state index contributed by atoms with van der Waals surface area (Å²) in [4.78, 5) is 33.2. The van der Waals surface area contributed by atoms with Gasteiger partial charge in [-0.15, -0.1) is 11.8 Å². The fraction of sp³-hybridized carbons (Fsp3) is 0.625. The van der Waals surface area contributed by atoms with Crippen LogP contribution in [0.1, 0.15) is 58.7 Å². The van der Waals surface area contributed by atoms with Crippen molar-refractivity contribution in [3.63, 3.8) is 0 Å². The van der Waals surface area contributed by atoms with Crippen LogP contribution in [-0.2, 0) is 10.5 Å². The molecule has 1 aliphatic carbocycles. The highest BCUT2D eigenvalue weighted by Crippen LogP contribution is 2.30. The summed E-state index contributed by atoms with van der Waals surface area (Å²) in [6, 6.07) is 3.36. The van der Waals surface area contributed by atoms with Gasteiger partial charge in [0.25, 0.3) is 5.56 Å². The van der Waals surface area contributed by atoms with E-state index in [9.17, 15) is 18.4 Å². The van der Waals surface area contributed by atoms with Crippen molar-refractivity contribution in [1.29, 1.82) is 0 Å². The second-order valence-electron chi connectivity index (χ2n) is 10.1. The fourth-order valence-electron chi connectivity index (χ4n) is 4.48. The number of thioether (sulfide) groups is 1. The van der Waals surface area contributed by atoms with Gasteiger partial charge in [-0.2, -0.15) is 0 Å². The first-order chi connectivity index (χ1) is 16.1. The topological polar surface area (TPSA) is 87.3 Å². The van der Waals surface area contributed by atoms with E-state index in [1.54, 1.807) is 26.8 Å². The molecule has 2 atom stereocenters. The molecule has 0 spiro atoms. The molecule has 7 nitrogen and oxygen atoms in total. The summed E-state index contributed by atoms with van der Waals surface area (Å²) < 4.78 is 34.8. The third kappa shape index (κ3) is 6.00. The Morgan fingerprint density at radius 3 is 2.71 bits per heavy atom. The molecule has 1 aromatic carbocycles. The molecule has 1 saturated heterocycles. The van der Waals surface area contributed by atoms with Crippen molar-refractivity contribution >= 4 is 34.4 Å². The number of ether oxygens (including phenoxy) is 1. The van der Waals surface area contributed by atoms with Gasteiger partial charge in [0.2, 0.25) is 0 Å². The second-order valence-corrected chi connectivity index (χ2v) is 11.3. The minimum Gasteiger partial charge on any atom is -0.444 e. The largest absolute Gasteiger partial charge is 0.444 e. The van der Waals surface area contributed by atoms with Crippen LogP contribution < -0.4 is 10.9 Å². The molecule has 10 heteroatoms. The summed E-state index contributed by atoms with van der Waals surface area (Å²) >= 11 is 1.34. The summed E-state index contributed by atoms with van der Waals surface area (Å²) in [6.45, 7) is 5.69. The van der Waals surface area contributed by atoms with Crippen molar-refractivity contribution in [3.05, 3.63) is 34.1 Å². The number of halogens is 2. The molecular weight excluding hydrogens is 462 g/mol. The Bertz CT molecular complexity index is 1100. The van der Waals surface area contributed by atoms with E-state index >= 15 is 0 Å². The first kappa shape index (κ1) is 24.8. The number of anilines is 1. The summed E-state index contributed by atoms with van der Waals surface area (Å²) in [5, 5.41) is 2.93. The van der Waals surface area contributed by atoms with Gasteiger partial charge in [0.05, 0.1) is 17.8 Å². The number of benzene rings is 1. The monoisotopic (exact) mass is 494 g/mol. The first-order valence-corrected chi connectivity index (χ1v) is 12.9. The lowest BCUT2D eigenvalue weighted by Gasteiger charge is -2.35.